The van der Waals surface area contributed by atoms with Gasteiger partial charge in [0, 0.05) is 39.8 Å². The number of allylic oxidation sites excluding steroid dienone is 5. The number of hydrogen-bond acceptors (Lipinski definition) is 4. The Morgan fingerprint density at radius 2 is 1.33 bits per heavy atom. The molecule has 0 amide bonds. The number of dihydropyridines is 1. The Balaban J connectivity index is 0.000000614. The summed E-state index contributed by atoms with van der Waals surface area (Å²) in [5.74, 6) is 1.53. The fraction of sp³-hybridized carbons (Fsp3) is 0.129. The lowest BCUT2D eigenvalue weighted by Crippen LogP contribution is -2.34. The fourth-order valence-corrected chi connectivity index (χ4v) is 8.36. The van der Waals surface area contributed by atoms with E-state index in [9.17, 15) is 0 Å². The third-order valence-corrected chi connectivity index (χ3v) is 11.8. The normalized spacial score (nSPS) is 14.4. The Kier molecular flexibility index (Phi) is 14.8. The lowest BCUT2D eigenvalue weighted by Gasteiger charge is -2.25. The zero-order valence-corrected chi connectivity index (χ0v) is 39.2. The largest absolute Gasteiger partial charge is 0.381 e. The molecule has 1 aromatic heterocycles. The van der Waals surface area contributed by atoms with Crippen molar-refractivity contribution in [2.24, 2.45) is 9.98 Å². The Morgan fingerprint density at radius 1 is 0.672 bits per heavy atom. The van der Waals surface area contributed by atoms with Gasteiger partial charge in [-0.25, -0.2) is 9.98 Å². The molecule has 8 aromatic rings. The molecule has 5 nitrogen and oxygen atoms in total. The highest BCUT2D eigenvalue weighted by atomic mass is 15.2. The van der Waals surface area contributed by atoms with E-state index in [1.165, 1.54) is 44.1 Å². The van der Waals surface area contributed by atoms with Crippen molar-refractivity contribution in [3.8, 4) is 16.8 Å². The van der Waals surface area contributed by atoms with Gasteiger partial charge in [-0.3, -0.25) is 0 Å². The first-order chi connectivity index (χ1) is 32.9. The van der Waals surface area contributed by atoms with Crippen molar-refractivity contribution in [1.82, 2.24) is 15.2 Å². The van der Waals surface area contributed by atoms with E-state index in [4.69, 9.17) is 9.98 Å². The molecular formula is C62H59N5. The van der Waals surface area contributed by atoms with Crippen LogP contribution in [0.2, 0.25) is 0 Å². The molecule has 332 valence electrons. The van der Waals surface area contributed by atoms with Gasteiger partial charge in [-0.2, -0.15) is 0 Å². The lowest BCUT2D eigenvalue weighted by atomic mass is 9.98. The maximum absolute atomic E-state index is 5.14. The number of fused-ring (bicyclic) bond motifs is 3. The lowest BCUT2D eigenvalue weighted by molar-refractivity contribution is 0.674. The van der Waals surface area contributed by atoms with E-state index in [2.05, 4.69) is 193 Å². The first-order valence-electron chi connectivity index (χ1n) is 23.3. The maximum Gasteiger partial charge on any atom is 0.159 e. The number of amidine groups is 2. The van der Waals surface area contributed by atoms with Crippen LogP contribution in [0.25, 0.3) is 44.3 Å². The summed E-state index contributed by atoms with van der Waals surface area (Å²) in [5.41, 5.74) is 16.1. The summed E-state index contributed by atoms with van der Waals surface area (Å²) in [6.45, 7) is 14.9. The second-order valence-corrected chi connectivity index (χ2v) is 16.6. The van der Waals surface area contributed by atoms with Crippen LogP contribution in [0.15, 0.2) is 240 Å². The van der Waals surface area contributed by atoms with Crippen molar-refractivity contribution in [1.29, 1.82) is 0 Å². The third-order valence-electron chi connectivity index (χ3n) is 11.8. The predicted molar refractivity (Wildman–Crippen MR) is 287 cm³/mol. The first-order valence-corrected chi connectivity index (χ1v) is 23.3. The molecule has 1 unspecified atom stereocenters. The van der Waals surface area contributed by atoms with Crippen molar-refractivity contribution >= 4 is 39.2 Å². The molecule has 0 fully saturated rings. The minimum absolute atomic E-state index is 0.249. The molecular weight excluding hydrogens is 815 g/mol. The topological polar surface area (TPSA) is 53.7 Å². The molecule has 67 heavy (non-hydrogen) atoms. The first kappa shape index (κ1) is 45.5. The Morgan fingerprint density at radius 3 is 2.03 bits per heavy atom. The second kappa shape index (κ2) is 21.8. The quantitative estimate of drug-likeness (QED) is 0.135. The van der Waals surface area contributed by atoms with Crippen molar-refractivity contribution in [2.75, 3.05) is 6.54 Å². The van der Waals surface area contributed by atoms with Crippen molar-refractivity contribution in [3.05, 3.63) is 263 Å². The van der Waals surface area contributed by atoms with Gasteiger partial charge in [-0.1, -0.05) is 214 Å². The molecule has 7 aromatic carbocycles. The van der Waals surface area contributed by atoms with Gasteiger partial charge in [0.25, 0.3) is 0 Å². The van der Waals surface area contributed by atoms with Crippen molar-refractivity contribution in [3.63, 3.8) is 0 Å². The van der Waals surface area contributed by atoms with Crippen molar-refractivity contribution < 1.29 is 0 Å². The highest BCUT2D eigenvalue weighted by molar-refractivity contribution is 6.15. The molecule has 0 spiro atoms. The van der Waals surface area contributed by atoms with Crippen molar-refractivity contribution in [2.45, 2.75) is 47.2 Å². The molecule has 10 rings (SSSR count). The summed E-state index contributed by atoms with van der Waals surface area (Å²) < 4.78 is 2.39. The van der Waals surface area contributed by atoms with Gasteiger partial charge in [0.05, 0.1) is 11.0 Å². The zero-order chi connectivity index (χ0) is 46.5. The van der Waals surface area contributed by atoms with Crippen LogP contribution in [0.1, 0.15) is 60.3 Å². The van der Waals surface area contributed by atoms with Crippen LogP contribution in [-0.4, -0.2) is 22.8 Å². The van der Waals surface area contributed by atoms with E-state index in [0.717, 1.165) is 57.0 Å². The standard InChI is InChI=1S/C53H45N5.C7H8.C2H6/c1-36(2)15-7-4-8-16-38-23-24-42(33-37(38)3)39-25-28-45(29-26-39)58-49-22-14-13-21-46(49)47-30-27-43(35-50(47)58)48-34-44(31-32-54-48)53-56-51(40-17-9-5-10-18-40)55-52(57-53)41-19-11-6-12-20-41;1-7-5-3-2-4-6-7;1-2/h4-15,17-31,33-35,51,54H,1,16,32H2,2-3H3,(H,55,56,57);2-6H,1H3;1-2H3/b8-4-,15-7-;;. The van der Waals surface area contributed by atoms with Crippen LogP contribution in [0, 0.1) is 13.8 Å². The van der Waals surface area contributed by atoms with Crippen LogP contribution in [0.5, 0.6) is 0 Å². The molecule has 0 saturated carbocycles. The molecule has 0 radical (unpaired) electrons. The van der Waals surface area contributed by atoms with Gasteiger partial charge in [-0.15, -0.1) is 0 Å². The van der Waals surface area contributed by atoms with Crippen LogP contribution in [-0.2, 0) is 6.42 Å². The number of aliphatic imine (C=N–C) groups is 2. The molecule has 5 heteroatoms. The van der Waals surface area contributed by atoms with Gasteiger partial charge >= 0.3 is 0 Å². The van der Waals surface area contributed by atoms with Crippen LogP contribution in [0.3, 0.4) is 0 Å². The highest BCUT2D eigenvalue weighted by Gasteiger charge is 2.23. The molecule has 0 bridgehead atoms. The molecule has 3 heterocycles. The molecule has 1 atom stereocenters. The monoisotopic (exact) mass is 873 g/mol. The number of benzene rings is 7. The highest BCUT2D eigenvalue weighted by Crippen LogP contribution is 2.35. The maximum atomic E-state index is 5.14. The summed E-state index contributed by atoms with van der Waals surface area (Å²) in [6.07, 6.45) is 13.4. The molecule has 2 N–H and O–H groups in total. The number of nitrogens with zero attached hydrogens (tertiary/aromatic N) is 3. The Hall–Kier alpha value is -8.02. The smallest absolute Gasteiger partial charge is 0.159 e. The Bertz CT molecular complexity index is 3160. The van der Waals surface area contributed by atoms with E-state index >= 15 is 0 Å². The van der Waals surface area contributed by atoms with E-state index in [-0.39, 0.29) is 6.17 Å². The SMILES string of the molecule is C=C(C)/C=C\C=C/Cc1ccc(-c2ccc(-n3c4ccccc4c4ccc(C5=CC(C6=NC(c7ccccc7)NC(c7ccccc7)=N6)=CCN5)cc43)cc2)cc1C.CC.Cc1ccccc1. The van der Waals surface area contributed by atoms with Crippen LogP contribution < -0.4 is 10.6 Å². The number of nitrogens with one attached hydrogen (secondary N) is 2. The molecule has 2 aliphatic heterocycles. The number of para-hydroxylation sites is 1. The van der Waals surface area contributed by atoms with Gasteiger partial charge in [0.2, 0.25) is 0 Å². The summed E-state index contributed by atoms with van der Waals surface area (Å²) in [5, 5.41) is 9.67. The van der Waals surface area contributed by atoms with Gasteiger partial charge in [0.1, 0.15) is 12.0 Å². The number of aryl methyl sites for hydroxylation is 2. The van der Waals surface area contributed by atoms with E-state index in [0.29, 0.717) is 12.4 Å². The van der Waals surface area contributed by atoms with E-state index in [1.54, 1.807) is 0 Å². The fourth-order valence-electron chi connectivity index (χ4n) is 8.36. The molecule has 0 aliphatic carbocycles. The second-order valence-electron chi connectivity index (χ2n) is 16.6. The minimum atomic E-state index is -0.249. The van der Waals surface area contributed by atoms with Crippen LogP contribution in [0.4, 0.5) is 0 Å². The van der Waals surface area contributed by atoms with Gasteiger partial charge in [-0.05, 0) is 90.9 Å². The summed E-state index contributed by atoms with van der Waals surface area (Å²) >= 11 is 0. The molecule has 0 saturated heterocycles. The summed E-state index contributed by atoms with van der Waals surface area (Å²) in [7, 11) is 0. The molecule has 2 aliphatic rings. The number of aromatic nitrogens is 1. The van der Waals surface area contributed by atoms with Crippen LogP contribution >= 0.6 is 0 Å². The zero-order valence-electron chi connectivity index (χ0n) is 39.2. The minimum Gasteiger partial charge on any atom is -0.381 e. The summed E-state index contributed by atoms with van der Waals surface area (Å²) in [6, 6.07) is 62.1. The number of rotatable bonds is 10. The number of hydrogen-bond donors (Lipinski definition) is 2. The van der Waals surface area contributed by atoms with Gasteiger partial charge in [0.15, 0.2) is 5.84 Å². The van der Waals surface area contributed by atoms with E-state index in [1.807, 2.05) is 75.4 Å². The average molecular weight is 874 g/mol. The average Bonchev–Trinajstić information content (AvgIpc) is 3.72. The summed E-state index contributed by atoms with van der Waals surface area (Å²) in [4.78, 5) is 10.2. The van der Waals surface area contributed by atoms with E-state index < -0.39 is 0 Å². The van der Waals surface area contributed by atoms with Gasteiger partial charge < -0.3 is 15.2 Å². The predicted octanol–water partition coefficient (Wildman–Crippen LogP) is 15.0. The third kappa shape index (κ3) is 10.9. The Labute approximate surface area is 396 Å².